The van der Waals surface area contributed by atoms with Crippen LogP contribution in [0.3, 0.4) is 0 Å². The van der Waals surface area contributed by atoms with E-state index in [4.69, 9.17) is 0 Å². The molecule has 148 valence electrons. The summed E-state index contributed by atoms with van der Waals surface area (Å²) in [7, 11) is 0. The lowest BCUT2D eigenvalue weighted by atomic mass is 9.99. The summed E-state index contributed by atoms with van der Waals surface area (Å²) < 4.78 is 0. The van der Waals surface area contributed by atoms with Crippen molar-refractivity contribution in [3.63, 3.8) is 0 Å². The lowest BCUT2D eigenvalue weighted by Crippen LogP contribution is -2.36. The van der Waals surface area contributed by atoms with Crippen molar-refractivity contribution in [2.24, 2.45) is 0 Å². The summed E-state index contributed by atoms with van der Waals surface area (Å²) in [5.74, 6) is 0.634. The third-order valence-electron chi connectivity index (χ3n) is 5.38. The van der Waals surface area contributed by atoms with Crippen molar-refractivity contribution in [2.45, 2.75) is 39.4 Å². The van der Waals surface area contributed by atoms with Crippen molar-refractivity contribution in [3.05, 3.63) is 89.2 Å². The van der Waals surface area contributed by atoms with Crippen LogP contribution in [0.25, 0.3) is 0 Å². The molecule has 3 aromatic rings. The van der Waals surface area contributed by atoms with Crippen LogP contribution >= 0.6 is 0 Å². The first-order valence-electron chi connectivity index (χ1n) is 10.1. The van der Waals surface area contributed by atoms with E-state index in [2.05, 4.69) is 59.0 Å². The summed E-state index contributed by atoms with van der Waals surface area (Å²) in [6.07, 6.45) is 4.20. The van der Waals surface area contributed by atoms with Crippen molar-refractivity contribution < 1.29 is 4.79 Å². The molecule has 0 N–H and O–H groups in total. The summed E-state index contributed by atoms with van der Waals surface area (Å²) in [6.45, 7) is 6.34. The molecule has 0 atom stereocenters. The summed E-state index contributed by atoms with van der Waals surface area (Å²) in [4.78, 5) is 26.0. The van der Waals surface area contributed by atoms with Gasteiger partial charge in [-0.3, -0.25) is 4.79 Å². The zero-order valence-electron chi connectivity index (χ0n) is 17.0. The van der Waals surface area contributed by atoms with Crippen LogP contribution in [0.4, 0.5) is 5.95 Å². The van der Waals surface area contributed by atoms with Gasteiger partial charge in [0.2, 0.25) is 5.95 Å². The maximum absolute atomic E-state index is 12.9. The van der Waals surface area contributed by atoms with E-state index >= 15 is 0 Å². The van der Waals surface area contributed by atoms with Gasteiger partial charge >= 0.3 is 0 Å². The molecule has 5 nitrogen and oxygen atoms in total. The van der Waals surface area contributed by atoms with Crippen molar-refractivity contribution in [3.8, 4) is 0 Å². The Labute approximate surface area is 172 Å². The molecule has 0 aliphatic carbocycles. The van der Waals surface area contributed by atoms with Crippen LogP contribution in [0.5, 0.6) is 0 Å². The molecule has 2 aromatic carbocycles. The van der Waals surface area contributed by atoms with Gasteiger partial charge in [0.1, 0.15) is 0 Å². The Hall–Kier alpha value is -3.21. The third-order valence-corrected chi connectivity index (χ3v) is 5.38. The minimum absolute atomic E-state index is 0.00907. The van der Waals surface area contributed by atoms with Crippen LogP contribution in [0, 0.1) is 0 Å². The lowest BCUT2D eigenvalue weighted by molar-refractivity contribution is 0.0734. The maximum atomic E-state index is 12.9. The van der Waals surface area contributed by atoms with Crippen LogP contribution in [0.15, 0.2) is 67.0 Å². The van der Waals surface area contributed by atoms with E-state index in [-0.39, 0.29) is 11.9 Å². The van der Waals surface area contributed by atoms with Gasteiger partial charge in [-0.15, -0.1) is 0 Å². The number of hydrogen-bond acceptors (Lipinski definition) is 4. The Kier molecular flexibility index (Phi) is 5.56. The fourth-order valence-electron chi connectivity index (χ4n) is 3.70. The normalized spacial score (nSPS) is 13.3. The highest BCUT2D eigenvalue weighted by molar-refractivity contribution is 5.93. The Bertz CT molecular complexity index is 970. The average Bonchev–Trinajstić information content (AvgIpc) is 2.77. The number of fused-ring (bicyclic) bond motifs is 1. The smallest absolute Gasteiger partial charge is 0.257 e. The molecule has 1 aliphatic rings. The van der Waals surface area contributed by atoms with Gasteiger partial charge in [-0.1, -0.05) is 54.6 Å². The summed E-state index contributed by atoms with van der Waals surface area (Å²) in [6, 6.07) is 18.8. The summed E-state index contributed by atoms with van der Waals surface area (Å²) in [5, 5.41) is 0. The highest BCUT2D eigenvalue weighted by Crippen LogP contribution is 2.21. The van der Waals surface area contributed by atoms with Gasteiger partial charge in [-0.2, -0.15) is 0 Å². The maximum Gasteiger partial charge on any atom is 0.257 e. The van der Waals surface area contributed by atoms with E-state index < -0.39 is 0 Å². The number of carbonyl (C=O) groups excluding carboxylic acids is 1. The quantitative estimate of drug-likeness (QED) is 0.663. The first kappa shape index (κ1) is 19.1. The number of carbonyl (C=O) groups is 1. The Balaban J connectivity index is 1.49. The molecule has 0 spiro atoms. The van der Waals surface area contributed by atoms with Gasteiger partial charge in [0, 0.05) is 38.1 Å². The highest BCUT2D eigenvalue weighted by atomic mass is 16.2. The van der Waals surface area contributed by atoms with Crippen LogP contribution in [-0.4, -0.2) is 33.4 Å². The fraction of sp³-hybridized carbons (Fsp3) is 0.292. The SMILES string of the molecule is CC(C)N(Cc1ccccc1)c1ncc(C(=O)N2CCc3ccccc3C2)cn1. The van der Waals surface area contributed by atoms with Crippen molar-refractivity contribution in [2.75, 3.05) is 11.4 Å². The molecule has 0 saturated carbocycles. The summed E-state index contributed by atoms with van der Waals surface area (Å²) in [5.41, 5.74) is 4.30. The van der Waals surface area contributed by atoms with Crippen LogP contribution < -0.4 is 4.90 Å². The van der Waals surface area contributed by atoms with E-state index in [1.54, 1.807) is 12.4 Å². The van der Waals surface area contributed by atoms with Gasteiger partial charge < -0.3 is 9.80 Å². The largest absolute Gasteiger partial charge is 0.334 e. The molecule has 1 aliphatic heterocycles. The predicted molar refractivity (Wildman–Crippen MR) is 115 cm³/mol. The third kappa shape index (κ3) is 4.29. The zero-order valence-corrected chi connectivity index (χ0v) is 17.0. The second-order valence-corrected chi connectivity index (χ2v) is 7.72. The lowest BCUT2D eigenvalue weighted by Gasteiger charge is -2.29. The molecule has 0 bridgehead atoms. The van der Waals surface area contributed by atoms with Gasteiger partial charge in [0.15, 0.2) is 0 Å². The number of hydrogen-bond donors (Lipinski definition) is 0. The second kappa shape index (κ2) is 8.43. The molecule has 2 heterocycles. The monoisotopic (exact) mass is 386 g/mol. The van der Waals surface area contributed by atoms with Gasteiger partial charge in [-0.25, -0.2) is 9.97 Å². The summed E-state index contributed by atoms with van der Waals surface area (Å²) >= 11 is 0. The molecular formula is C24H26N4O. The van der Waals surface area contributed by atoms with E-state index in [9.17, 15) is 4.79 Å². The predicted octanol–water partition coefficient (Wildman–Crippen LogP) is 4.09. The average molecular weight is 386 g/mol. The Morgan fingerprint density at radius 2 is 1.66 bits per heavy atom. The molecule has 29 heavy (non-hydrogen) atoms. The first-order chi connectivity index (χ1) is 14.1. The molecular weight excluding hydrogens is 360 g/mol. The molecule has 0 unspecified atom stereocenters. The van der Waals surface area contributed by atoms with E-state index in [1.807, 2.05) is 29.2 Å². The second-order valence-electron chi connectivity index (χ2n) is 7.72. The molecule has 0 fully saturated rings. The number of anilines is 1. The van der Waals surface area contributed by atoms with E-state index in [1.165, 1.54) is 16.7 Å². The van der Waals surface area contributed by atoms with E-state index in [0.717, 1.165) is 19.5 Å². The number of amides is 1. The van der Waals surface area contributed by atoms with E-state index in [0.29, 0.717) is 18.1 Å². The zero-order chi connectivity index (χ0) is 20.2. The molecule has 4 rings (SSSR count). The van der Waals surface area contributed by atoms with Gasteiger partial charge in [0.05, 0.1) is 5.56 Å². The number of nitrogens with zero attached hydrogens (tertiary/aromatic N) is 4. The Morgan fingerprint density at radius 3 is 2.34 bits per heavy atom. The molecule has 1 amide bonds. The molecule has 5 heteroatoms. The van der Waals surface area contributed by atoms with Crippen LogP contribution in [0.1, 0.15) is 40.9 Å². The number of aromatic nitrogens is 2. The molecule has 0 saturated heterocycles. The topological polar surface area (TPSA) is 49.3 Å². The van der Waals surface area contributed by atoms with Crippen molar-refractivity contribution in [1.82, 2.24) is 14.9 Å². The minimum Gasteiger partial charge on any atom is -0.334 e. The van der Waals surface area contributed by atoms with Crippen molar-refractivity contribution >= 4 is 11.9 Å². The van der Waals surface area contributed by atoms with Gasteiger partial charge in [0.25, 0.3) is 5.91 Å². The minimum atomic E-state index is -0.00907. The van der Waals surface area contributed by atoms with Crippen LogP contribution in [-0.2, 0) is 19.5 Å². The van der Waals surface area contributed by atoms with Gasteiger partial charge in [-0.05, 0) is 37.0 Å². The van der Waals surface area contributed by atoms with Crippen LogP contribution in [0.2, 0.25) is 0 Å². The standard InChI is InChI=1S/C24H26N4O/c1-18(2)28(16-19-8-4-3-5-9-19)24-25-14-22(15-26-24)23(29)27-13-12-20-10-6-7-11-21(20)17-27/h3-11,14-15,18H,12-13,16-17H2,1-2H3. The number of rotatable bonds is 5. The van der Waals surface area contributed by atoms with Crippen molar-refractivity contribution in [1.29, 1.82) is 0 Å². The molecule has 1 aromatic heterocycles. The molecule has 0 radical (unpaired) electrons. The Morgan fingerprint density at radius 1 is 1.00 bits per heavy atom. The highest BCUT2D eigenvalue weighted by Gasteiger charge is 2.22. The first-order valence-corrected chi connectivity index (χ1v) is 10.1. The fourth-order valence-corrected chi connectivity index (χ4v) is 3.70. The number of benzene rings is 2.